The fraction of sp³-hybridized carbons (Fsp3) is 0.208. The monoisotopic (exact) mass is 763 g/mol. The predicted molar refractivity (Wildman–Crippen MR) is 248 cm³/mol. The zero-order valence-corrected chi connectivity index (χ0v) is 34.2. The molecule has 6 heterocycles. The van der Waals surface area contributed by atoms with E-state index >= 15 is 0 Å². The third-order valence-corrected chi connectivity index (χ3v) is 17.0. The molecule has 1 fully saturated rings. The fourth-order valence-electron chi connectivity index (χ4n) is 13.1. The first-order chi connectivity index (χ1) is 28.3. The molecule has 2 unspecified atom stereocenters. The smallest absolute Gasteiger partial charge is 0.333 e. The first-order valence-corrected chi connectivity index (χ1v) is 22.1. The molecule has 0 N–H and O–H groups in total. The molecule has 0 saturated heterocycles. The van der Waals surface area contributed by atoms with Crippen molar-refractivity contribution in [3.8, 4) is 16.8 Å². The van der Waals surface area contributed by atoms with Crippen molar-refractivity contribution in [3.05, 3.63) is 150 Å². The number of hydrogen-bond acceptors (Lipinski definition) is 3. The summed E-state index contributed by atoms with van der Waals surface area (Å²) in [6, 6.07) is 51.9. The Hall–Kier alpha value is -5.78. The largest absolute Gasteiger partial charge is 0.376 e. The summed E-state index contributed by atoms with van der Waals surface area (Å²) < 4.78 is 5.39. The summed E-state index contributed by atoms with van der Waals surface area (Å²) in [4.78, 5) is 5.60. The molecule has 14 rings (SSSR count). The average molecular weight is 764 g/mol. The van der Waals surface area contributed by atoms with Gasteiger partial charge in [0.1, 0.15) is 0 Å². The number of para-hydroxylation sites is 4. The number of nitrogens with zero attached hydrogens (tertiary/aromatic N) is 3. The van der Waals surface area contributed by atoms with Crippen LogP contribution in [0.25, 0.3) is 58.8 Å². The van der Waals surface area contributed by atoms with Gasteiger partial charge in [-0.1, -0.05) is 125 Å². The van der Waals surface area contributed by atoms with Gasteiger partial charge in [-0.25, -0.2) is 0 Å². The van der Waals surface area contributed by atoms with Crippen LogP contribution in [0.2, 0.25) is 0 Å². The van der Waals surface area contributed by atoms with Crippen LogP contribution in [0.4, 0.5) is 22.7 Å². The summed E-state index contributed by atoms with van der Waals surface area (Å²) in [5.74, 6) is 0. The van der Waals surface area contributed by atoms with Crippen molar-refractivity contribution >= 4 is 93.8 Å². The number of anilines is 4. The van der Waals surface area contributed by atoms with Gasteiger partial charge in [0.05, 0.1) is 22.3 Å². The minimum atomic E-state index is -0.157. The highest BCUT2D eigenvalue weighted by Crippen LogP contribution is 2.63. The van der Waals surface area contributed by atoms with Crippen molar-refractivity contribution in [2.24, 2.45) is 0 Å². The Morgan fingerprint density at radius 3 is 2.17 bits per heavy atom. The minimum absolute atomic E-state index is 0.000252. The van der Waals surface area contributed by atoms with Crippen LogP contribution in [0.15, 0.2) is 133 Å². The predicted octanol–water partition coefficient (Wildman–Crippen LogP) is 12.8. The zero-order valence-electron chi connectivity index (χ0n) is 33.4. The Morgan fingerprint density at radius 2 is 1.29 bits per heavy atom. The summed E-state index contributed by atoms with van der Waals surface area (Å²) in [5.41, 5.74) is 19.1. The highest BCUT2D eigenvalue weighted by molar-refractivity contribution is 7.26. The standard InChI is InChI=1S/C53H42BN3S/c1-51(2)36-19-7-11-24-42(36)57-49-32(18-15-21-38(49)51)35-29-44(56-41-23-10-8-20-37(41)52(3)26-13-14-27-53(52,56)4)47-33-17-5-9-22-40(33)55-43-28-34-31-16-6-12-25-45(31)58-46(34)30-39(43)54(57)48(35)50(47)55/h5-12,15-25,28-30H,13-14,26-27H2,1-4H3. The zero-order chi connectivity index (χ0) is 38.4. The lowest BCUT2D eigenvalue weighted by Crippen LogP contribution is -2.62. The van der Waals surface area contributed by atoms with Gasteiger partial charge in [-0.05, 0) is 95.4 Å². The molecule has 4 aliphatic heterocycles. The summed E-state index contributed by atoms with van der Waals surface area (Å²) in [6.07, 6.45) is 4.91. The normalized spacial score (nSPS) is 21.7. The highest BCUT2D eigenvalue weighted by Gasteiger charge is 2.58. The van der Waals surface area contributed by atoms with Crippen molar-refractivity contribution in [3.63, 3.8) is 0 Å². The van der Waals surface area contributed by atoms with E-state index in [1.54, 1.807) is 0 Å². The van der Waals surface area contributed by atoms with Gasteiger partial charge in [0, 0.05) is 70.1 Å². The van der Waals surface area contributed by atoms with Crippen LogP contribution in [-0.4, -0.2) is 17.0 Å². The van der Waals surface area contributed by atoms with E-state index < -0.39 is 0 Å². The molecular formula is C53H42BN3S. The minimum Gasteiger partial charge on any atom is -0.376 e. The van der Waals surface area contributed by atoms with Gasteiger partial charge >= 0.3 is 6.85 Å². The lowest BCUT2D eigenvalue weighted by atomic mass is 9.43. The van der Waals surface area contributed by atoms with Gasteiger partial charge in [0.25, 0.3) is 0 Å². The van der Waals surface area contributed by atoms with Crippen molar-refractivity contribution in [1.29, 1.82) is 0 Å². The summed E-state index contributed by atoms with van der Waals surface area (Å²) in [7, 11) is 0. The molecule has 2 atom stereocenters. The van der Waals surface area contributed by atoms with Crippen LogP contribution in [0.5, 0.6) is 0 Å². The molecule has 0 amide bonds. The van der Waals surface area contributed by atoms with E-state index in [0.29, 0.717) is 0 Å². The molecule has 3 nitrogen and oxygen atoms in total. The van der Waals surface area contributed by atoms with Crippen LogP contribution < -0.4 is 20.6 Å². The van der Waals surface area contributed by atoms with Gasteiger partial charge in [0.2, 0.25) is 0 Å². The number of rotatable bonds is 1. The Morgan fingerprint density at radius 1 is 0.569 bits per heavy atom. The van der Waals surface area contributed by atoms with Gasteiger partial charge in [-0.2, -0.15) is 0 Å². The molecule has 1 saturated carbocycles. The Bertz CT molecular complexity index is 3350. The first kappa shape index (κ1) is 32.2. The van der Waals surface area contributed by atoms with Crippen molar-refractivity contribution in [2.75, 3.05) is 9.71 Å². The van der Waals surface area contributed by atoms with E-state index in [9.17, 15) is 0 Å². The Balaban J connectivity index is 1.21. The van der Waals surface area contributed by atoms with Gasteiger partial charge in [-0.15, -0.1) is 11.3 Å². The molecule has 0 spiro atoms. The lowest BCUT2D eigenvalue weighted by molar-refractivity contribution is 0.195. The molecule has 7 aromatic carbocycles. The Labute approximate surface area is 343 Å². The van der Waals surface area contributed by atoms with Crippen molar-refractivity contribution in [1.82, 2.24) is 4.57 Å². The first-order valence-electron chi connectivity index (χ1n) is 21.3. The molecule has 278 valence electrons. The maximum absolute atomic E-state index is 2.84. The molecule has 9 aromatic rings. The summed E-state index contributed by atoms with van der Waals surface area (Å²) in [5, 5.41) is 5.41. The number of aromatic nitrogens is 1. The molecule has 58 heavy (non-hydrogen) atoms. The molecular weight excluding hydrogens is 721 g/mol. The van der Waals surface area contributed by atoms with E-state index in [4.69, 9.17) is 0 Å². The Kier molecular flexibility index (Phi) is 5.80. The molecule has 2 aromatic heterocycles. The lowest BCUT2D eigenvalue weighted by Gasteiger charge is -2.51. The number of hydrogen-bond donors (Lipinski definition) is 0. The highest BCUT2D eigenvalue weighted by atomic mass is 32.1. The third kappa shape index (κ3) is 3.51. The third-order valence-electron chi connectivity index (χ3n) is 15.9. The summed E-state index contributed by atoms with van der Waals surface area (Å²) in [6.45, 7) is 10.0. The number of fused-ring (bicyclic) bond motifs is 16. The van der Waals surface area contributed by atoms with Crippen LogP contribution in [-0.2, 0) is 10.8 Å². The summed E-state index contributed by atoms with van der Waals surface area (Å²) >= 11 is 1.93. The quantitative estimate of drug-likeness (QED) is 0.154. The maximum Gasteiger partial charge on any atom is 0.333 e. The van der Waals surface area contributed by atoms with Crippen molar-refractivity contribution < 1.29 is 0 Å². The molecule has 1 aliphatic carbocycles. The number of thiophene rings is 1. The second-order valence-corrected chi connectivity index (χ2v) is 19.8. The van der Waals surface area contributed by atoms with E-state index in [0.717, 1.165) is 0 Å². The van der Waals surface area contributed by atoms with Crippen molar-refractivity contribution in [2.45, 2.75) is 69.7 Å². The fourth-order valence-corrected chi connectivity index (χ4v) is 14.2. The van der Waals surface area contributed by atoms with Gasteiger partial charge in [-0.3, -0.25) is 0 Å². The van der Waals surface area contributed by atoms with Crippen LogP contribution in [0.3, 0.4) is 0 Å². The van der Waals surface area contributed by atoms with Gasteiger partial charge in [0.15, 0.2) is 0 Å². The van der Waals surface area contributed by atoms with E-state index in [1.807, 2.05) is 11.3 Å². The van der Waals surface area contributed by atoms with Gasteiger partial charge < -0.3 is 14.3 Å². The second kappa shape index (κ2) is 10.4. The molecule has 0 bridgehead atoms. The maximum atomic E-state index is 2.84. The topological polar surface area (TPSA) is 11.4 Å². The van der Waals surface area contributed by atoms with E-state index in [-0.39, 0.29) is 23.2 Å². The average Bonchev–Trinajstić information content (AvgIpc) is 3.86. The number of benzene rings is 7. The molecule has 5 aliphatic rings. The molecule has 5 heteroatoms. The SMILES string of the molecule is CC1(C)c2ccccc2N2B3c4cc5sc6ccccc6c5cc4-n4c5ccccc5c5c(N6c7ccccc7C7(C)CCCCC67C)cc(c3c54)-c3cccc1c32. The van der Waals surface area contributed by atoms with E-state index in [2.05, 4.69) is 175 Å². The van der Waals surface area contributed by atoms with Crippen LogP contribution in [0.1, 0.15) is 70.1 Å². The van der Waals surface area contributed by atoms with Crippen LogP contribution in [0, 0.1) is 0 Å². The second-order valence-electron chi connectivity index (χ2n) is 18.7. The van der Waals surface area contributed by atoms with Crippen LogP contribution >= 0.6 is 11.3 Å². The van der Waals surface area contributed by atoms with E-state index in [1.165, 1.54) is 135 Å². The molecule has 0 radical (unpaired) electrons.